The van der Waals surface area contributed by atoms with Crippen LogP contribution < -0.4 is 10.6 Å². The maximum Gasteiger partial charge on any atom is 0.261 e. The molecule has 3 rings (SSSR count). The maximum atomic E-state index is 13.2. The van der Waals surface area contributed by atoms with Crippen LogP contribution in [-0.4, -0.2) is 42.9 Å². The van der Waals surface area contributed by atoms with E-state index in [-0.39, 0.29) is 16.5 Å². The molecule has 8 heteroatoms. The van der Waals surface area contributed by atoms with E-state index < -0.39 is 11.7 Å². The van der Waals surface area contributed by atoms with Crippen LogP contribution in [0.4, 0.5) is 9.39 Å². The highest BCUT2D eigenvalue weighted by Crippen LogP contribution is 2.28. The Hall–Kier alpha value is -1.96. The van der Waals surface area contributed by atoms with E-state index in [4.69, 9.17) is 11.6 Å². The first-order valence-corrected chi connectivity index (χ1v) is 11.5. The number of carbonyl (C=O) groups is 2. The Labute approximate surface area is 185 Å². The molecule has 0 atom stereocenters. The summed E-state index contributed by atoms with van der Waals surface area (Å²) in [6.45, 7) is 5.77. The Kier molecular flexibility index (Phi) is 8.24. The smallest absolute Gasteiger partial charge is 0.261 e. The molecular formula is C22H27ClFN3O2S. The number of likely N-dealkylation sites (tertiary alicyclic amines) is 1. The third-order valence-electron chi connectivity index (χ3n) is 5.17. The van der Waals surface area contributed by atoms with Gasteiger partial charge in [0.15, 0.2) is 0 Å². The molecule has 0 saturated carbocycles. The molecule has 2 heterocycles. The number of nitrogens with one attached hydrogen (secondary N) is 2. The van der Waals surface area contributed by atoms with Crippen molar-refractivity contribution in [1.29, 1.82) is 0 Å². The van der Waals surface area contributed by atoms with Crippen LogP contribution in [0.5, 0.6) is 0 Å². The zero-order valence-corrected chi connectivity index (χ0v) is 18.7. The summed E-state index contributed by atoms with van der Waals surface area (Å²) in [5.74, 6) is -1.07. The molecular weight excluding hydrogens is 425 g/mol. The molecule has 5 nitrogen and oxygen atoms in total. The van der Waals surface area contributed by atoms with Gasteiger partial charge in [-0.2, -0.15) is 0 Å². The van der Waals surface area contributed by atoms with Gasteiger partial charge in [0.25, 0.3) is 11.8 Å². The number of hydrogen-bond acceptors (Lipinski definition) is 4. The van der Waals surface area contributed by atoms with Crippen molar-refractivity contribution >= 4 is 39.8 Å². The highest BCUT2D eigenvalue weighted by molar-refractivity contribution is 7.18. The van der Waals surface area contributed by atoms with Gasteiger partial charge >= 0.3 is 0 Å². The number of nitrogens with zero attached hydrogens (tertiary/aromatic N) is 1. The SMILES string of the molecule is Cc1cc(NC(=O)c2ccc(F)cc2Cl)sc1C(=O)NCCCN1CCCCCC1. The van der Waals surface area contributed by atoms with Crippen molar-refractivity contribution in [2.24, 2.45) is 0 Å². The minimum Gasteiger partial charge on any atom is -0.351 e. The molecule has 0 spiro atoms. The average molecular weight is 452 g/mol. The zero-order chi connectivity index (χ0) is 21.5. The molecule has 0 radical (unpaired) electrons. The van der Waals surface area contributed by atoms with Crippen molar-refractivity contribution in [2.75, 3.05) is 31.5 Å². The van der Waals surface area contributed by atoms with Gasteiger partial charge in [-0.1, -0.05) is 24.4 Å². The summed E-state index contributed by atoms with van der Waals surface area (Å²) in [4.78, 5) is 28.0. The second-order valence-corrected chi connectivity index (χ2v) is 9.03. The van der Waals surface area contributed by atoms with Crippen LogP contribution in [0, 0.1) is 12.7 Å². The fourth-order valence-corrected chi connectivity index (χ4v) is 4.80. The van der Waals surface area contributed by atoms with Gasteiger partial charge < -0.3 is 15.5 Å². The van der Waals surface area contributed by atoms with Crippen molar-refractivity contribution < 1.29 is 14.0 Å². The zero-order valence-electron chi connectivity index (χ0n) is 17.1. The molecule has 0 bridgehead atoms. The lowest BCUT2D eigenvalue weighted by molar-refractivity contribution is 0.0954. The van der Waals surface area contributed by atoms with Gasteiger partial charge in [-0.15, -0.1) is 11.3 Å². The Morgan fingerprint density at radius 2 is 1.87 bits per heavy atom. The number of rotatable bonds is 7. The van der Waals surface area contributed by atoms with Crippen LogP contribution in [0.1, 0.15) is 57.7 Å². The molecule has 1 aliphatic heterocycles. The van der Waals surface area contributed by atoms with E-state index in [1.54, 1.807) is 6.07 Å². The third kappa shape index (κ3) is 6.27. The molecule has 0 aliphatic carbocycles. The first-order chi connectivity index (χ1) is 14.4. The molecule has 30 heavy (non-hydrogen) atoms. The van der Waals surface area contributed by atoms with Crippen molar-refractivity contribution in [2.45, 2.75) is 39.0 Å². The van der Waals surface area contributed by atoms with Crippen LogP contribution in [0.3, 0.4) is 0 Å². The van der Waals surface area contributed by atoms with Gasteiger partial charge in [-0.05, 0) is 75.6 Å². The van der Waals surface area contributed by atoms with Crippen molar-refractivity contribution in [3.05, 3.63) is 51.1 Å². The summed E-state index contributed by atoms with van der Waals surface area (Å²) in [5, 5.41) is 6.31. The molecule has 1 saturated heterocycles. The highest BCUT2D eigenvalue weighted by Gasteiger charge is 2.17. The van der Waals surface area contributed by atoms with E-state index in [2.05, 4.69) is 15.5 Å². The van der Waals surface area contributed by atoms with Gasteiger partial charge in [0, 0.05) is 6.54 Å². The maximum absolute atomic E-state index is 13.2. The first kappa shape index (κ1) is 22.7. The van der Waals surface area contributed by atoms with E-state index in [9.17, 15) is 14.0 Å². The lowest BCUT2D eigenvalue weighted by Crippen LogP contribution is -2.30. The number of carbonyl (C=O) groups excluding carboxylic acids is 2. The third-order valence-corrected chi connectivity index (χ3v) is 6.64. The first-order valence-electron chi connectivity index (χ1n) is 10.3. The van der Waals surface area contributed by atoms with Crippen LogP contribution in [0.2, 0.25) is 5.02 Å². The number of aryl methyl sites for hydroxylation is 1. The molecule has 1 aromatic heterocycles. The van der Waals surface area contributed by atoms with E-state index in [1.165, 1.54) is 49.2 Å². The Balaban J connectivity index is 1.50. The summed E-state index contributed by atoms with van der Waals surface area (Å²) in [5.41, 5.74) is 0.981. The number of thiophene rings is 1. The molecule has 2 amide bonds. The van der Waals surface area contributed by atoms with Gasteiger partial charge in [-0.3, -0.25) is 9.59 Å². The highest BCUT2D eigenvalue weighted by atomic mass is 35.5. The lowest BCUT2D eigenvalue weighted by atomic mass is 10.2. The predicted molar refractivity (Wildman–Crippen MR) is 120 cm³/mol. The number of benzene rings is 1. The predicted octanol–water partition coefficient (Wildman–Crippen LogP) is 5.10. The monoisotopic (exact) mass is 451 g/mol. The van der Waals surface area contributed by atoms with Crippen LogP contribution in [0.25, 0.3) is 0 Å². The summed E-state index contributed by atoms with van der Waals surface area (Å²) in [6.07, 6.45) is 6.08. The fraction of sp³-hybridized carbons (Fsp3) is 0.455. The average Bonchev–Trinajstić information content (AvgIpc) is 2.89. The van der Waals surface area contributed by atoms with Crippen LogP contribution in [0.15, 0.2) is 24.3 Å². The Bertz CT molecular complexity index is 895. The summed E-state index contributed by atoms with van der Waals surface area (Å²) < 4.78 is 13.2. The molecule has 1 aliphatic rings. The van der Waals surface area contributed by atoms with Crippen LogP contribution >= 0.6 is 22.9 Å². The second-order valence-electron chi connectivity index (χ2n) is 7.57. The summed E-state index contributed by atoms with van der Waals surface area (Å²) in [7, 11) is 0. The van der Waals surface area contributed by atoms with Gasteiger partial charge in [0.2, 0.25) is 0 Å². The van der Waals surface area contributed by atoms with E-state index >= 15 is 0 Å². The van der Waals surface area contributed by atoms with Gasteiger partial charge in [0.05, 0.1) is 20.5 Å². The number of anilines is 1. The number of hydrogen-bond donors (Lipinski definition) is 2. The fourth-order valence-electron chi connectivity index (χ4n) is 3.57. The number of amides is 2. The molecule has 1 aromatic carbocycles. The van der Waals surface area contributed by atoms with Crippen molar-refractivity contribution in [1.82, 2.24) is 10.2 Å². The Morgan fingerprint density at radius 3 is 2.57 bits per heavy atom. The molecule has 2 N–H and O–H groups in total. The van der Waals surface area contributed by atoms with E-state index in [0.717, 1.165) is 37.7 Å². The lowest BCUT2D eigenvalue weighted by Gasteiger charge is -2.19. The largest absolute Gasteiger partial charge is 0.351 e. The molecule has 1 fully saturated rings. The standard InChI is InChI=1S/C22H27ClFN3O2S/c1-15-13-19(26-21(28)17-8-7-16(24)14-18(17)23)30-20(15)22(29)25-9-6-12-27-10-4-2-3-5-11-27/h7-8,13-14H,2-6,9-12H2,1H3,(H,25,29)(H,26,28). The van der Waals surface area contributed by atoms with Crippen LogP contribution in [-0.2, 0) is 0 Å². The minimum absolute atomic E-state index is 0.0446. The number of halogens is 2. The molecule has 0 unspecified atom stereocenters. The topological polar surface area (TPSA) is 61.4 Å². The minimum atomic E-state index is -0.502. The molecule has 2 aromatic rings. The summed E-state index contributed by atoms with van der Waals surface area (Å²) >= 11 is 7.17. The Morgan fingerprint density at radius 1 is 1.13 bits per heavy atom. The van der Waals surface area contributed by atoms with Gasteiger partial charge in [-0.25, -0.2) is 4.39 Å². The normalized spacial score (nSPS) is 14.9. The second kappa shape index (κ2) is 10.9. The van der Waals surface area contributed by atoms with E-state index in [0.29, 0.717) is 16.4 Å². The van der Waals surface area contributed by atoms with Crippen molar-refractivity contribution in [3.63, 3.8) is 0 Å². The quantitative estimate of drug-likeness (QED) is 0.576. The summed E-state index contributed by atoms with van der Waals surface area (Å²) in [6, 6.07) is 5.38. The van der Waals surface area contributed by atoms with E-state index in [1.807, 2.05) is 6.92 Å². The van der Waals surface area contributed by atoms with Crippen molar-refractivity contribution in [3.8, 4) is 0 Å². The van der Waals surface area contributed by atoms with Gasteiger partial charge in [0.1, 0.15) is 5.82 Å². The molecule has 162 valence electrons.